The first-order valence-corrected chi connectivity index (χ1v) is 6.85. The smallest absolute Gasteiger partial charge is 0.328 e. The Morgan fingerprint density at radius 3 is 2.72 bits per heavy atom. The van der Waals surface area contributed by atoms with Crippen molar-refractivity contribution in [3.63, 3.8) is 0 Å². The number of β-lactam (4-membered cyclic amide) rings is 1. The number of amides is 1. The van der Waals surface area contributed by atoms with Crippen molar-refractivity contribution in [1.82, 2.24) is 10.4 Å². The van der Waals surface area contributed by atoms with Gasteiger partial charge in [-0.15, -0.1) is 0 Å². The SMILES string of the molecule is CONC[C@@]1(C)[C@H](C(=O)O)N2C(=O)C[C@H]2S1(=O)=O. The molecule has 0 aliphatic carbocycles. The Morgan fingerprint density at radius 2 is 2.28 bits per heavy atom. The van der Waals surface area contributed by atoms with Crippen LogP contribution in [0, 0.1) is 0 Å². The van der Waals surface area contributed by atoms with Crippen molar-refractivity contribution in [2.24, 2.45) is 0 Å². The first-order chi connectivity index (χ1) is 8.27. The second kappa shape index (κ2) is 3.90. The molecule has 0 radical (unpaired) electrons. The third-order valence-electron chi connectivity index (χ3n) is 3.61. The summed E-state index contributed by atoms with van der Waals surface area (Å²) in [7, 11) is -2.44. The van der Waals surface area contributed by atoms with E-state index in [1.165, 1.54) is 14.0 Å². The van der Waals surface area contributed by atoms with Gasteiger partial charge in [0.15, 0.2) is 15.9 Å². The quantitative estimate of drug-likeness (QED) is 0.467. The van der Waals surface area contributed by atoms with Crippen molar-refractivity contribution in [3.8, 4) is 0 Å². The molecule has 2 saturated heterocycles. The van der Waals surface area contributed by atoms with Crippen LogP contribution in [0.5, 0.6) is 0 Å². The summed E-state index contributed by atoms with van der Waals surface area (Å²) in [4.78, 5) is 28.2. The molecule has 0 aromatic rings. The monoisotopic (exact) mass is 278 g/mol. The van der Waals surface area contributed by atoms with Gasteiger partial charge in [-0.05, 0) is 6.92 Å². The van der Waals surface area contributed by atoms with Crippen LogP contribution in [0.25, 0.3) is 0 Å². The average molecular weight is 278 g/mol. The molecule has 1 amide bonds. The van der Waals surface area contributed by atoms with Gasteiger partial charge in [0.2, 0.25) is 5.91 Å². The second-order valence-corrected chi connectivity index (χ2v) is 7.15. The molecule has 2 aliphatic rings. The first-order valence-electron chi connectivity index (χ1n) is 5.30. The molecule has 0 aromatic heterocycles. The van der Waals surface area contributed by atoms with Crippen molar-refractivity contribution in [3.05, 3.63) is 0 Å². The van der Waals surface area contributed by atoms with Crippen molar-refractivity contribution < 1.29 is 28.0 Å². The molecule has 9 heteroatoms. The van der Waals surface area contributed by atoms with Gasteiger partial charge in [-0.2, -0.15) is 0 Å². The molecule has 0 saturated carbocycles. The van der Waals surface area contributed by atoms with Crippen LogP contribution in [0.1, 0.15) is 13.3 Å². The lowest BCUT2D eigenvalue weighted by atomic mass is 9.96. The number of hydrogen-bond donors (Lipinski definition) is 2. The predicted molar refractivity (Wildman–Crippen MR) is 59.0 cm³/mol. The Morgan fingerprint density at radius 1 is 1.67 bits per heavy atom. The normalized spacial score (nSPS) is 37.2. The zero-order chi connectivity index (χ0) is 13.7. The van der Waals surface area contributed by atoms with E-state index >= 15 is 0 Å². The maximum Gasteiger partial charge on any atom is 0.328 e. The van der Waals surface area contributed by atoms with Gasteiger partial charge in [0, 0.05) is 6.54 Å². The van der Waals surface area contributed by atoms with Crippen molar-refractivity contribution in [2.45, 2.75) is 29.5 Å². The minimum atomic E-state index is -3.75. The first kappa shape index (κ1) is 13.2. The number of rotatable bonds is 4. The standard InChI is InChI=1S/C9H14N2O6S/c1-9(4-10-17-2)7(8(13)14)11-5(12)3-6(11)18(9,15)16/h6-7,10H,3-4H2,1-2H3,(H,13,14)/t6-,7+,9+/m1/s1. The molecular formula is C9H14N2O6S. The number of carbonyl (C=O) groups is 2. The van der Waals surface area contributed by atoms with Crippen molar-refractivity contribution >= 4 is 21.7 Å². The summed E-state index contributed by atoms with van der Waals surface area (Å²) in [6, 6.07) is -1.38. The number of carbonyl (C=O) groups excluding carboxylic acids is 1. The minimum Gasteiger partial charge on any atom is -0.480 e. The lowest BCUT2D eigenvalue weighted by Gasteiger charge is -2.35. The number of hydroxylamine groups is 1. The molecule has 8 nitrogen and oxygen atoms in total. The summed E-state index contributed by atoms with van der Waals surface area (Å²) in [6.45, 7) is 1.13. The van der Waals surface area contributed by atoms with E-state index in [0.717, 1.165) is 4.90 Å². The average Bonchev–Trinajstić information content (AvgIpc) is 2.41. The van der Waals surface area contributed by atoms with Crippen LogP contribution in [0.4, 0.5) is 0 Å². The fourth-order valence-electron chi connectivity index (χ4n) is 2.52. The molecular weight excluding hydrogens is 264 g/mol. The van der Waals surface area contributed by atoms with Crippen molar-refractivity contribution in [1.29, 1.82) is 0 Å². The topological polar surface area (TPSA) is 113 Å². The number of aliphatic carboxylic acids is 1. The van der Waals surface area contributed by atoms with Gasteiger partial charge in [0.25, 0.3) is 0 Å². The van der Waals surface area contributed by atoms with Gasteiger partial charge in [-0.3, -0.25) is 4.79 Å². The highest BCUT2D eigenvalue weighted by Crippen LogP contribution is 2.45. The van der Waals surface area contributed by atoms with Gasteiger partial charge in [-0.25, -0.2) is 18.7 Å². The van der Waals surface area contributed by atoms with Crippen molar-refractivity contribution in [2.75, 3.05) is 13.7 Å². The summed E-state index contributed by atoms with van der Waals surface area (Å²) in [5.41, 5.74) is 2.37. The molecule has 0 unspecified atom stereocenters. The number of nitrogens with zero attached hydrogens (tertiary/aromatic N) is 1. The van der Waals surface area contributed by atoms with Crippen LogP contribution in [-0.2, 0) is 24.3 Å². The Hall–Kier alpha value is -1.19. The number of sulfone groups is 1. The lowest BCUT2D eigenvalue weighted by molar-refractivity contribution is -0.157. The third-order valence-corrected chi connectivity index (χ3v) is 6.39. The van der Waals surface area contributed by atoms with Crippen LogP contribution in [0.2, 0.25) is 0 Å². The second-order valence-electron chi connectivity index (χ2n) is 4.58. The molecule has 2 aliphatic heterocycles. The Kier molecular flexibility index (Phi) is 2.87. The van der Waals surface area contributed by atoms with E-state index in [2.05, 4.69) is 10.3 Å². The van der Waals surface area contributed by atoms with Gasteiger partial charge in [0.1, 0.15) is 10.1 Å². The zero-order valence-corrected chi connectivity index (χ0v) is 10.7. The molecule has 3 atom stereocenters. The van der Waals surface area contributed by atoms with Gasteiger partial charge in [0.05, 0.1) is 13.5 Å². The Labute approximate surface area is 104 Å². The molecule has 2 N–H and O–H groups in total. The highest BCUT2D eigenvalue weighted by molar-refractivity contribution is 7.94. The summed E-state index contributed by atoms with van der Waals surface area (Å²) >= 11 is 0. The fourth-order valence-corrected chi connectivity index (χ4v) is 4.83. The zero-order valence-electron chi connectivity index (χ0n) is 9.91. The molecule has 2 heterocycles. The molecule has 2 fully saturated rings. The fraction of sp³-hybridized carbons (Fsp3) is 0.778. The Bertz CT molecular complexity index is 503. The van der Waals surface area contributed by atoms with E-state index in [4.69, 9.17) is 0 Å². The van der Waals surface area contributed by atoms with Crippen LogP contribution < -0.4 is 5.48 Å². The number of carboxylic acids is 1. The molecule has 0 aromatic carbocycles. The van der Waals surface area contributed by atoms with E-state index in [1.54, 1.807) is 0 Å². The van der Waals surface area contributed by atoms with E-state index in [9.17, 15) is 23.1 Å². The minimum absolute atomic E-state index is 0.144. The summed E-state index contributed by atoms with van der Waals surface area (Å²) in [6.07, 6.45) is -0.144. The van der Waals surface area contributed by atoms with Gasteiger partial charge < -0.3 is 14.8 Å². The van der Waals surface area contributed by atoms with Crippen LogP contribution >= 0.6 is 0 Å². The van der Waals surface area contributed by atoms with Gasteiger partial charge in [-0.1, -0.05) is 0 Å². The number of hydrogen-bond acceptors (Lipinski definition) is 6. The maximum absolute atomic E-state index is 12.3. The van der Waals surface area contributed by atoms with Gasteiger partial charge >= 0.3 is 5.97 Å². The molecule has 0 bridgehead atoms. The maximum atomic E-state index is 12.3. The predicted octanol–water partition coefficient (Wildman–Crippen LogP) is -1.66. The van der Waals surface area contributed by atoms with Crippen LogP contribution in [-0.4, -0.2) is 60.1 Å². The molecule has 102 valence electrons. The molecule has 2 rings (SSSR count). The van der Waals surface area contributed by atoms with E-state index in [0.29, 0.717) is 0 Å². The highest BCUT2D eigenvalue weighted by atomic mass is 32.2. The number of nitrogens with one attached hydrogen (secondary N) is 1. The molecule has 0 spiro atoms. The van der Waals surface area contributed by atoms with Crippen LogP contribution in [0.3, 0.4) is 0 Å². The lowest BCUT2D eigenvalue weighted by Crippen LogP contribution is -2.58. The Balaban J connectivity index is 2.46. The highest BCUT2D eigenvalue weighted by Gasteiger charge is 2.69. The number of carboxylic acid groups (broad SMARTS) is 1. The molecule has 18 heavy (non-hydrogen) atoms. The van der Waals surface area contributed by atoms with E-state index < -0.39 is 37.9 Å². The number of fused-ring (bicyclic) bond motifs is 1. The van der Waals surface area contributed by atoms with E-state index in [1.807, 2.05) is 0 Å². The largest absolute Gasteiger partial charge is 0.480 e. The van der Waals surface area contributed by atoms with Crippen LogP contribution in [0.15, 0.2) is 0 Å². The summed E-state index contributed by atoms with van der Waals surface area (Å²) < 4.78 is 23.0. The van der Waals surface area contributed by atoms with E-state index in [-0.39, 0.29) is 13.0 Å². The summed E-state index contributed by atoms with van der Waals surface area (Å²) in [5, 5.41) is 8.17. The summed E-state index contributed by atoms with van der Waals surface area (Å²) in [5.74, 6) is -1.77. The third kappa shape index (κ3) is 1.41.